The van der Waals surface area contributed by atoms with Crippen molar-refractivity contribution >= 4 is 5.91 Å². The Balaban J connectivity index is 2.55. The Morgan fingerprint density at radius 1 is 0.941 bits per heavy atom. The van der Waals surface area contributed by atoms with Crippen LogP contribution in [0.2, 0.25) is 0 Å². The van der Waals surface area contributed by atoms with Gasteiger partial charge in [-0.15, -0.1) is 0 Å². The van der Waals surface area contributed by atoms with E-state index in [1.165, 1.54) is 30.3 Å². The second-order valence-corrected chi connectivity index (χ2v) is 3.54. The Labute approximate surface area is 96.7 Å². The van der Waals surface area contributed by atoms with Crippen LogP contribution in [0.4, 0.5) is 8.78 Å². The second-order valence-electron chi connectivity index (χ2n) is 3.54. The number of rotatable bonds is 2. The highest BCUT2D eigenvalue weighted by Crippen LogP contribution is 2.25. The van der Waals surface area contributed by atoms with Gasteiger partial charge in [-0.25, -0.2) is 8.78 Å². The largest absolute Gasteiger partial charge is 0.366 e. The molecule has 2 rings (SSSR count). The predicted molar refractivity (Wildman–Crippen MR) is 60.3 cm³/mol. The van der Waals surface area contributed by atoms with Crippen LogP contribution in [0.1, 0.15) is 10.4 Å². The van der Waals surface area contributed by atoms with Crippen LogP contribution in [0.25, 0.3) is 11.1 Å². The average molecular weight is 233 g/mol. The molecule has 86 valence electrons. The Morgan fingerprint density at radius 3 is 2.18 bits per heavy atom. The zero-order valence-corrected chi connectivity index (χ0v) is 8.78. The van der Waals surface area contributed by atoms with Gasteiger partial charge in [0.15, 0.2) is 0 Å². The standard InChI is InChI=1S/C13H9F2NO/c14-11-4-2-1-3-9(11)10-6-5-8(13(16)17)7-12(10)15/h1-7H,(H2,16,17). The van der Waals surface area contributed by atoms with E-state index in [9.17, 15) is 13.6 Å². The third-order valence-electron chi connectivity index (χ3n) is 2.42. The highest BCUT2D eigenvalue weighted by atomic mass is 19.1. The van der Waals surface area contributed by atoms with Gasteiger partial charge in [-0.2, -0.15) is 0 Å². The van der Waals surface area contributed by atoms with Gasteiger partial charge in [0.2, 0.25) is 5.91 Å². The maximum Gasteiger partial charge on any atom is 0.248 e. The van der Waals surface area contributed by atoms with E-state index in [1.807, 2.05) is 0 Å². The minimum absolute atomic E-state index is 0.0580. The van der Waals surface area contributed by atoms with Crippen LogP contribution in [0.15, 0.2) is 42.5 Å². The molecule has 2 aromatic rings. The lowest BCUT2D eigenvalue weighted by Crippen LogP contribution is -2.11. The van der Waals surface area contributed by atoms with Crippen molar-refractivity contribution in [2.75, 3.05) is 0 Å². The van der Waals surface area contributed by atoms with E-state index in [0.717, 1.165) is 6.07 Å². The Bertz CT molecular complexity index is 581. The molecule has 0 aliphatic heterocycles. The van der Waals surface area contributed by atoms with Crippen molar-refractivity contribution in [2.45, 2.75) is 0 Å². The molecule has 0 heterocycles. The molecule has 0 spiro atoms. The SMILES string of the molecule is NC(=O)c1ccc(-c2ccccc2F)c(F)c1. The molecule has 0 aliphatic rings. The summed E-state index contributed by atoms with van der Waals surface area (Å²) in [6.07, 6.45) is 0. The van der Waals surface area contributed by atoms with Gasteiger partial charge in [0.05, 0.1) is 0 Å². The highest BCUT2D eigenvalue weighted by Gasteiger charge is 2.11. The molecule has 0 fully saturated rings. The second kappa shape index (κ2) is 4.33. The summed E-state index contributed by atoms with van der Waals surface area (Å²) < 4.78 is 27.2. The molecule has 0 aliphatic carbocycles. The number of halogens is 2. The van der Waals surface area contributed by atoms with Crippen LogP contribution in [0.5, 0.6) is 0 Å². The van der Waals surface area contributed by atoms with E-state index in [4.69, 9.17) is 5.73 Å². The van der Waals surface area contributed by atoms with E-state index in [0.29, 0.717) is 0 Å². The fraction of sp³-hybridized carbons (Fsp3) is 0. The first-order valence-corrected chi connectivity index (χ1v) is 4.94. The van der Waals surface area contributed by atoms with Crippen molar-refractivity contribution in [3.8, 4) is 11.1 Å². The molecule has 0 bridgehead atoms. The smallest absolute Gasteiger partial charge is 0.248 e. The molecule has 2 nitrogen and oxygen atoms in total. The van der Waals surface area contributed by atoms with Crippen molar-refractivity contribution in [2.24, 2.45) is 5.73 Å². The maximum atomic E-state index is 13.7. The minimum atomic E-state index is -0.719. The summed E-state index contributed by atoms with van der Waals surface area (Å²) in [6.45, 7) is 0. The van der Waals surface area contributed by atoms with Gasteiger partial charge in [-0.1, -0.05) is 24.3 Å². The van der Waals surface area contributed by atoms with Crippen LogP contribution < -0.4 is 5.73 Å². The van der Waals surface area contributed by atoms with Crippen LogP contribution in [-0.2, 0) is 0 Å². The van der Waals surface area contributed by atoms with Gasteiger partial charge in [-0.3, -0.25) is 4.79 Å². The Hall–Kier alpha value is -2.23. The first-order chi connectivity index (χ1) is 8.09. The van der Waals surface area contributed by atoms with Gasteiger partial charge in [0, 0.05) is 16.7 Å². The van der Waals surface area contributed by atoms with Gasteiger partial charge in [-0.05, 0) is 18.2 Å². The number of hydrogen-bond donors (Lipinski definition) is 1. The lowest BCUT2D eigenvalue weighted by Gasteiger charge is -2.05. The molecule has 0 unspecified atom stereocenters. The number of hydrogen-bond acceptors (Lipinski definition) is 1. The summed E-state index contributed by atoms with van der Waals surface area (Å²) in [7, 11) is 0. The molecule has 4 heteroatoms. The van der Waals surface area contributed by atoms with Gasteiger partial charge in [0.25, 0.3) is 0 Å². The molecule has 0 radical (unpaired) electrons. The van der Waals surface area contributed by atoms with Gasteiger partial charge < -0.3 is 5.73 Å². The quantitative estimate of drug-likeness (QED) is 0.851. The van der Waals surface area contributed by atoms with E-state index in [2.05, 4.69) is 0 Å². The van der Waals surface area contributed by atoms with Crippen molar-refractivity contribution in [3.05, 3.63) is 59.7 Å². The molecule has 0 atom stereocenters. The summed E-state index contributed by atoms with van der Waals surface area (Å²) >= 11 is 0. The lowest BCUT2D eigenvalue weighted by atomic mass is 10.0. The maximum absolute atomic E-state index is 13.7. The Morgan fingerprint density at radius 2 is 1.59 bits per heavy atom. The van der Waals surface area contributed by atoms with Crippen molar-refractivity contribution in [1.82, 2.24) is 0 Å². The summed E-state index contributed by atoms with van der Waals surface area (Å²) in [6, 6.07) is 9.56. The predicted octanol–water partition coefficient (Wildman–Crippen LogP) is 2.73. The van der Waals surface area contributed by atoms with Crippen molar-refractivity contribution in [3.63, 3.8) is 0 Å². The molecule has 2 aromatic carbocycles. The summed E-state index contributed by atoms with van der Waals surface area (Å²) in [5.41, 5.74) is 5.34. The van der Waals surface area contributed by atoms with Crippen LogP contribution in [-0.4, -0.2) is 5.91 Å². The monoisotopic (exact) mass is 233 g/mol. The number of primary amides is 1. The normalized spacial score (nSPS) is 10.2. The molecular weight excluding hydrogens is 224 g/mol. The van der Waals surface area contributed by atoms with E-state index in [1.54, 1.807) is 6.07 Å². The molecule has 2 N–H and O–H groups in total. The molecular formula is C13H9F2NO. The number of nitrogens with two attached hydrogens (primary N) is 1. The van der Waals surface area contributed by atoms with Crippen molar-refractivity contribution in [1.29, 1.82) is 0 Å². The zero-order chi connectivity index (χ0) is 12.4. The fourth-order valence-corrected chi connectivity index (χ4v) is 1.57. The third kappa shape index (κ3) is 2.15. The highest BCUT2D eigenvalue weighted by molar-refractivity contribution is 5.93. The van der Waals surface area contributed by atoms with Crippen LogP contribution >= 0.6 is 0 Å². The minimum Gasteiger partial charge on any atom is -0.366 e. The zero-order valence-electron chi connectivity index (χ0n) is 8.78. The van der Waals surface area contributed by atoms with Crippen LogP contribution in [0.3, 0.4) is 0 Å². The molecule has 0 saturated carbocycles. The van der Waals surface area contributed by atoms with E-state index >= 15 is 0 Å². The molecule has 1 amide bonds. The summed E-state index contributed by atoms with van der Waals surface area (Å²) in [5.74, 6) is -1.91. The van der Waals surface area contributed by atoms with Crippen LogP contribution in [0, 0.1) is 11.6 Å². The summed E-state index contributed by atoms with van der Waals surface area (Å²) in [4.78, 5) is 10.8. The topological polar surface area (TPSA) is 43.1 Å². The first-order valence-electron chi connectivity index (χ1n) is 4.94. The lowest BCUT2D eigenvalue weighted by molar-refractivity contribution is 0.1000. The molecule has 17 heavy (non-hydrogen) atoms. The third-order valence-corrected chi connectivity index (χ3v) is 2.42. The molecule has 0 aromatic heterocycles. The molecule has 0 saturated heterocycles. The Kier molecular flexibility index (Phi) is 2.87. The number of benzene rings is 2. The van der Waals surface area contributed by atoms with Gasteiger partial charge in [0.1, 0.15) is 11.6 Å². The van der Waals surface area contributed by atoms with E-state index in [-0.39, 0.29) is 16.7 Å². The first kappa shape index (κ1) is 11.3. The number of carbonyl (C=O) groups excluding carboxylic acids is 1. The summed E-state index contributed by atoms with van der Waals surface area (Å²) in [5, 5.41) is 0. The number of amides is 1. The fourth-order valence-electron chi connectivity index (χ4n) is 1.57. The van der Waals surface area contributed by atoms with E-state index < -0.39 is 17.5 Å². The number of carbonyl (C=O) groups is 1. The average Bonchev–Trinajstić information content (AvgIpc) is 2.30. The van der Waals surface area contributed by atoms with Gasteiger partial charge >= 0.3 is 0 Å². The van der Waals surface area contributed by atoms with Crippen molar-refractivity contribution < 1.29 is 13.6 Å².